The van der Waals surface area contributed by atoms with Crippen molar-refractivity contribution in [3.63, 3.8) is 0 Å². The first-order valence-electron chi connectivity index (χ1n) is 9.03. The predicted octanol–water partition coefficient (Wildman–Crippen LogP) is 3.80. The van der Waals surface area contributed by atoms with Gasteiger partial charge in [0.2, 0.25) is 0 Å². The number of nitrogens with zero attached hydrogens (tertiary/aromatic N) is 5. The van der Waals surface area contributed by atoms with Crippen LogP contribution < -0.4 is 10.6 Å². The maximum absolute atomic E-state index is 14.2. The van der Waals surface area contributed by atoms with Crippen LogP contribution in [0.5, 0.6) is 0 Å². The number of nitrogen functional groups attached to an aromatic ring is 1. The molecule has 2 rings (SSSR count). The van der Waals surface area contributed by atoms with Crippen molar-refractivity contribution in [1.29, 1.82) is 15.8 Å². The van der Waals surface area contributed by atoms with Crippen LogP contribution in [-0.2, 0) is 6.42 Å². The normalized spacial score (nSPS) is 11.0. The molecule has 1 aromatic carbocycles. The summed E-state index contributed by atoms with van der Waals surface area (Å²) in [5, 5.41) is 29.3. The van der Waals surface area contributed by atoms with Gasteiger partial charge in [0.25, 0.3) is 0 Å². The molecule has 0 aliphatic rings. The minimum Gasteiger partial charge on any atom is -0.383 e. The number of rotatable bonds is 7. The molecule has 0 aliphatic carbocycles. The number of anilines is 2. The number of likely N-dealkylation sites (N-methyl/N-ethyl adjacent to an activating group) is 1. The van der Waals surface area contributed by atoms with Gasteiger partial charge in [-0.3, -0.25) is 0 Å². The molecule has 146 valence electrons. The minimum absolute atomic E-state index is 0.00202. The van der Waals surface area contributed by atoms with E-state index in [1.165, 1.54) is 6.07 Å². The highest BCUT2D eigenvalue weighted by molar-refractivity contribution is 5.70. The predicted molar refractivity (Wildman–Crippen MR) is 109 cm³/mol. The fourth-order valence-corrected chi connectivity index (χ4v) is 3.17. The first kappa shape index (κ1) is 21.4. The summed E-state index contributed by atoms with van der Waals surface area (Å²) < 4.78 is 14.2. The van der Waals surface area contributed by atoms with Gasteiger partial charge in [0.05, 0.1) is 12.0 Å². The summed E-state index contributed by atoms with van der Waals surface area (Å²) in [5.74, 6) is -1.17. The second kappa shape index (κ2) is 9.35. The molecule has 0 saturated heterocycles. The van der Waals surface area contributed by atoms with E-state index in [1.54, 1.807) is 23.1 Å². The Morgan fingerprint density at radius 3 is 2.41 bits per heavy atom. The first-order chi connectivity index (χ1) is 13.9. The molecule has 0 bridgehead atoms. The number of aromatic nitrogens is 1. The van der Waals surface area contributed by atoms with Gasteiger partial charge in [0.15, 0.2) is 0 Å². The molecule has 0 amide bonds. The molecule has 0 fully saturated rings. The lowest BCUT2D eigenvalue weighted by Gasteiger charge is -2.26. The Morgan fingerprint density at radius 2 is 1.90 bits per heavy atom. The maximum Gasteiger partial charge on any atom is 0.149 e. The molecule has 2 N–H and O–H groups in total. The van der Waals surface area contributed by atoms with E-state index in [1.807, 2.05) is 19.9 Å². The van der Waals surface area contributed by atoms with Crippen LogP contribution in [0.2, 0.25) is 0 Å². The monoisotopic (exact) mass is 388 g/mol. The van der Waals surface area contributed by atoms with Crippen molar-refractivity contribution in [3.8, 4) is 18.2 Å². The Kier molecular flexibility index (Phi) is 6.90. The number of pyridine rings is 1. The van der Waals surface area contributed by atoms with Crippen molar-refractivity contribution < 1.29 is 4.39 Å². The van der Waals surface area contributed by atoms with E-state index < -0.39 is 11.7 Å². The number of nitrogens with two attached hydrogens (primary N) is 1. The standard InChI is InChI=1S/C22H21FN6/c1-4-29(13-14(2)3)22-18(12-26)20(17(11-25)21(27)28-22)16(10-24)9-15-7-5-6-8-19(15)23/h5-8,16H,2,4,9,13H2,1,3H3,(H2,27,28). The second-order valence-corrected chi connectivity index (χ2v) is 6.66. The Hall–Kier alpha value is -3.89. The number of benzene rings is 1. The van der Waals surface area contributed by atoms with Gasteiger partial charge in [-0.1, -0.05) is 30.4 Å². The van der Waals surface area contributed by atoms with Crippen LogP contribution >= 0.6 is 0 Å². The fourth-order valence-electron chi connectivity index (χ4n) is 3.17. The zero-order chi connectivity index (χ0) is 21.6. The van der Waals surface area contributed by atoms with E-state index in [4.69, 9.17) is 5.73 Å². The van der Waals surface area contributed by atoms with Gasteiger partial charge in [0.1, 0.15) is 40.7 Å². The summed E-state index contributed by atoms with van der Waals surface area (Å²) in [7, 11) is 0. The van der Waals surface area contributed by atoms with E-state index in [2.05, 4.69) is 23.7 Å². The van der Waals surface area contributed by atoms with Crippen molar-refractivity contribution in [2.45, 2.75) is 26.2 Å². The van der Waals surface area contributed by atoms with Gasteiger partial charge in [-0.15, -0.1) is 0 Å². The SMILES string of the molecule is C=C(C)CN(CC)c1nc(N)c(C#N)c(C(C#N)Cc2ccccc2F)c1C#N. The number of halogens is 1. The van der Waals surface area contributed by atoms with E-state index in [0.29, 0.717) is 24.5 Å². The molecule has 1 unspecified atom stereocenters. The van der Waals surface area contributed by atoms with Crippen molar-refractivity contribution >= 4 is 11.6 Å². The zero-order valence-corrected chi connectivity index (χ0v) is 16.4. The summed E-state index contributed by atoms with van der Waals surface area (Å²) in [5.41, 5.74) is 7.44. The molecule has 0 radical (unpaired) electrons. The lowest BCUT2D eigenvalue weighted by atomic mass is 9.87. The summed E-state index contributed by atoms with van der Waals surface area (Å²) in [6, 6.07) is 12.3. The highest BCUT2D eigenvalue weighted by Crippen LogP contribution is 2.35. The van der Waals surface area contributed by atoms with Crippen molar-refractivity contribution in [2.75, 3.05) is 23.7 Å². The lowest BCUT2D eigenvalue weighted by Crippen LogP contribution is -2.28. The van der Waals surface area contributed by atoms with Crippen molar-refractivity contribution in [2.24, 2.45) is 0 Å². The smallest absolute Gasteiger partial charge is 0.149 e. The molecule has 7 heteroatoms. The number of hydrogen-bond acceptors (Lipinski definition) is 6. The minimum atomic E-state index is -0.941. The van der Waals surface area contributed by atoms with Crippen LogP contribution in [0, 0.1) is 39.8 Å². The number of nitriles is 3. The molecule has 1 aromatic heterocycles. The molecular weight excluding hydrogens is 367 g/mol. The van der Waals surface area contributed by atoms with Gasteiger partial charge in [-0.2, -0.15) is 15.8 Å². The Bertz CT molecular complexity index is 1050. The van der Waals surface area contributed by atoms with Gasteiger partial charge < -0.3 is 10.6 Å². The molecular formula is C22H21FN6. The van der Waals surface area contributed by atoms with Gasteiger partial charge in [-0.05, 0) is 31.9 Å². The third-order valence-electron chi connectivity index (χ3n) is 4.50. The molecule has 29 heavy (non-hydrogen) atoms. The topological polar surface area (TPSA) is 114 Å². The summed E-state index contributed by atoms with van der Waals surface area (Å²) in [6.45, 7) is 8.58. The van der Waals surface area contributed by atoms with E-state index in [-0.39, 0.29) is 28.9 Å². The molecule has 0 aliphatic heterocycles. The Morgan fingerprint density at radius 1 is 1.24 bits per heavy atom. The van der Waals surface area contributed by atoms with E-state index in [0.717, 1.165) is 5.57 Å². The fraction of sp³-hybridized carbons (Fsp3) is 0.273. The van der Waals surface area contributed by atoms with Crippen molar-refractivity contribution in [3.05, 3.63) is 64.5 Å². The summed E-state index contributed by atoms with van der Waals surface area (Å²) in [6.07, 6.45) is 0.00202. The average Bonchev–Trinajstić information content (AvgIpc) is 2.70. The van der Waals surface area contributed by atoms with Crippen LogP contribution in [0.1, 0.15) is 42.0 Å². The Balaban J connectivity index is 2.72. The van der Waals surface area contributed by atoms with Crippen LogP contribution in [0.15, 0.2) is 36.4 Å². The molecule has 0 spiro atoms. The van der Waals surface area contributed by atoms with E-state index in [9.17, 15) is 20.2 Å². The highest BCUT2D eigenvalue weighted by Gasteiger charge is 2.28. The summed E-state index contributed by atoms with van der Waals surface area (Å²) >= 11 is 0. The van der Waals surface area contributed by atoms with Crippen LogP contribution in [0.4, 0.5) is 16.0 Å². The third kappa shape index (κ3) is 4.51. The van der Waals surface area contributed by atoms with Crippen LogP contribution in [-0.4, -0.2) is 18.1 Å². The van der Waals surface area contributed by atoms with Crippen LogP contribution in [0.25, 0.3) is 0 Å². The lowest BCUT2D eigenvalue weighted by molar-refractivity contribution is 0.604. The first-order valence-corrected chi connectivity index (χ1v) is 9.03. The van der Waals surface area contributed by atoms with Crippen LogP contribution in [0.3, 0.4) is 0 Å². The summed E-state index contributed by atoms with van der Waals surface area (Å²) in [4.78, 5) is 6.08. The highest BCUT2D eigenvalue weighted by atomic mass is 19.1. The van der Waals surface area contributed by atoms with Crippen molar-refractivity contribution in [1.82, 2.24) is 4.98 Å². The molecule has 2 aromatic rings. The zero-order valence-electron chi connectivity index (χ0n) is 16.4. The molecule has 6 nitrogen and oxygen atoms in total. The molecule has 1 atom stereocenters. The van der Waals surface area contributed by atoms with E-state index >= 15 is 0 Å². The maximum atomic E-state index is 14.2. The molecule has 0 saturated carbocycles. The number of hydrogen-bond donors (Lipinski definition) is 1. The quantitative estimate of drug-likeness (QED) is 0.722. The average molecular weight is 388 g/mol. The van der Waals surface area contributed by atoms with Gasteiger partial charge in [-0.25, -0.2) is 9.37 Å². The van der Waals surface area contributed by atoms with Gasteiger partial charge >= 0.3 is 0 Å². The largest absolute Gasteiger partial charge is 0.383 e. The molecule has 1 heterocycles. The third-order valence-corrected chi connectivity index (χ3v) is 4.50. The second-order valence-electron chi connectivity index (χ2n) is 6.66. The van der Waals surface area contributed by atoms with Gasteiger partial charge in [0, 0.05) is 18.7 Å². The Labute approximate surface area is 169 Å².